The van der Waals surface area contributed by atoms with E-state index in [1.807, 2.05) is 12.4 Å². The molecule has 0 unspecified atom stereocenters. The molecule has 4 heterocycles. The second-order valence-corrected chi connectivity index (χ2v) is 7.19. The van der Waals surface area contributed by atoms with Gasteiger partial charge in [-0.3, -0.25) is 4.90 Å². The third kappa shape index (κ3) is 2.28. The van der Waals surface area contributed by atoms with Crippen LogP contribution in [0.15, 0.2) is 9.93 Å². The van der Waals surface area contributed by atoms with Gasteiger partial charge in [-0.05, 0) is 19.8 Å². The second-order valence-electron chi connectivity index (χ2n) is 6.25. The topological polar surface area (TPSA) is 64.3 Å². The smallest absolute Gasteiger partial charge is 0.226 e. The number of aryl methyl sites for hydroxylation is 2. The maximum Gasteiger partial charge on any atom is 0.226 e. The van der Waals surface area contributed by atoms with Crippen molar-refractivity contribution in [3.05, 3.63) is 27.9 Å². The van der Waals surface area contributed by atoms with Gasteiger partial charge in [0.05, 0.1) is 22.7 Å². The summed E-state index contributed by atoms with van der Waals surface area (Å²) in [6.07, 6.45) is 2.17. The highest BCUT2D eigenvalue weighted by molar-refractivity contribution is 7.09. The molecule has 2 aromatic rings. The van der Waals surface area contributed by atoms with Gasteiger partial charge in [0.2, 0.25) is 11.8 Å². The summed E-state index contributed by atoms with van der Waals surface area (Å²) >= 11 is 1.73. The average molecular weight is 320 g/mol. The Morgan fingerprint density at radius 3 is 3.05 bits per heavy atom. The van der Waals surface area contributed by atoms with Crippen LogP contribution in [0.4, 0.5) is 0 Å². The van der Waals surface area contributed by atoms with E-state index in [-0.39, 0.29) is 11.5 Å². The van der Waals surface area contributed by atoms with Gasteiger partial charge in [-0.25, -0.2) is 4.98 Å². The maximum atomic E-state index is 5.97. The fourth-order valence-electron chi connectivity index (χ4n) is 3.65. The van der Waals surface area contributed by atoms with Crippen LogP contribution in [-0.4, -0.2) is 45.9 Å². The highest BCUT2D eigenvalue weighted by Crippen LogP contribution is 2.43. The molecule has 2 aliphatic rings. The van der Waals surface area contributed by atoms with Gasteiger partial charge in [-0.15, -0.1) is 21.5 Å². The van der Waals surface area contributed by atoms with E-state index in [2.05, 4.69) is 27.0 Å². The Morgan fingerprint density at radius 2 is 2.32 bits per heavy atom. The van der Waals surface area contributed by atoms with Gasteiger partial charge in [-0.2, -0.15) is 0 Å². The standard InChI is InChI=1S/C15H20N4O2S/c1-10-12(22-9-16-10)7-19-5-3-13-15(8-19,4-6-20-13)14-18-17-11(2)21-14/h9,13H,3-8H2,1-2H3/t13-,15-/m0/s1. The van der Waals surface area contributed by atoms with Crippen LogP contribution in [0, 0.1) is 13.8 Å². The van der Waals surface area contributed by atoms with Crippen LogP contribution in [0.3, 0.4) is 0 Å². The van der Waals surface area contributed by atoms with Crippen LogP contribution < -0.4 is 0 Å². The summed E-state index contributed by atoms with van der Waals surface area (Å²) in [7, 11) is 0. The molecule has 0 amide bonds. The molecular weight excluding hydrogens is 300 g/mol. The number of hydrogen-bond acceptors (Lipinski definition) is 7. The monoisotopic (exact) mass is 320 g/mol. The Balaban J connectivity index is 1.60. The second kappa shape index (κ2) is 5.40. The van der Waals surface area contributed by atoms with Crippen molar-refractivity contribution >= 4 is 11.3 Å². The number of hydrogen-bond donors (Lipinski definition) is 0. The van der Waals surface area contributed by atoms with Crippen LogP contribution >= 0.6 is 11.3 Å². The SMILES string of the molecule is Cc1nnc([C@]23CCO[C@H]2CCN(Cc2scnc2C)C3)o1. The lowest BCUT2D eigenvalue weighted by Gasteiger charge is -2.41. The summed E-state index contributed by atoms with van der Waals surface area (Å²) in [6.45, 7) is 7.60. The number of aromatic nitrogens is 3. The molecule has 2 aromatic heterocycles. The van der Waals surface area contributed by atoms with Crippen LogP contribution in [0.1, 0.15) is 35.2 Å². The van der Waals surface area contributed by atoms with Crippen molar-refractivity contribution in [2.24, 2.45) is 0 Å². The number of thiazole rings is 1. The van der Waals surface area contributed by atoms with E-state index in [4.69, 9.17) is 9.15 Å². The van der Waals surface area contributed by atoms with E-state index < -0.39 is 0 Å². The summed E-state index contributed by atoms with van der Waals surface area (Å²) < 4.78 is 11.8. The van der Waals surface area contributed by atoms with E-state index in [1.54, 1.807) is 11.3 Å². The Morgan fingerprint density at radius 1 is 1.41 bits per heavy atom. The molecule has 0 aromatic carbocycles. The molecule has 0 aliphatic carbocycles. The Kier molecular flexibility index (Phi) is 3.51. The van der Waals surface area contributed by atoms with E-state index in [9.17, 15) is 0 Å². The van der Waals surface area contributed by atoms with E-state index >= 15 is 0 Å². The van der Waals surface area contributed by atoms with Crippen molar-refractivity contribution in [2.75, 3.05) is 19.7 Å². The predicted molar refractivity (Wildman–Crippen MR) is 81.8 cm³/mol. The number of likely N-dealkylation sites (tertiary alicyclic amines) is 1. The number of rotatable bonds is 3. The van der Waals surface area contributed by atoms with E-state index in [1.165, 1.54) is 4.88 Å². The Bertz CT molecular complexity index is 670. The molecule has 118 valence electrons. The first-order valence-corrected chi connectivity index (χ1v) is 8.59. The minimum absolute atomic E-state index is 0.141. The van der Waals surface area contributed by atoms with Gasteiger partial charge in [0, 0.05) is 38.0 Å². The molecule has 6 nitrogen and oxygen atoms in total. The Hall–Kier alpha value is -1.31. The quantitative estimate of drug-likeness (QED) is 0.863. The van der Waals surface area contributed by atoms with Gasteiger partial charge >= 0.3 is 0 Å². The highest BCUT2D eigenvalue weighted by Gasteiger charge is 2.52. The largest absolute Gasteiger partial charge is 0.425 e. The summed E-state index contributed by atoms with van der Waals surface area (Å²) in [5.41, 5.74) is 2.92. The molecule has 0 saturated carbocycles. The first-order chi connectivity index (χ1) is 10.7. The first-order valence-electron chi connectivity index (χ1n) is 7.71. The fourth-order valence-corrected chi connectivity index (χ4v) is 4.47. The first kappa shape index (κ1) is 14.3. The van der Waals surface area contributed by atoms with Gasteiger partial charge in [-0.1, -0.05) is 0 Å². The molecule has 2 aliphatic heterocycles. The molecule has 0 spiro atoms. The van der Waals surface area contributed by atoms with Crippen molar-refractivity contribution in [3.8, 4) is 0 Å². The number of fused-ring (bicyclic) bond motifs is 1. The summed E-state index contributed by atoms with van der Waals surface area (Å²) in [6, 6.07) is 0. The zero-order chi connectivity index (χ0) is 15.2. The molecule has 0 radical (unpaired) electrons. The minimum Gasteiger partial charge on any atom is -0.425 e. The lowest BCUT2D eigenvalue weighted by atomic mass is 9.76. The van der Waals surface area contributed by atoms with Crippen molar-refractivity contribution < 1.29 is 9.15 Å². The summed E-state index contributed by atoms with van der Waals surface area (Å²) in [5, 5.41) is 8.35. The number of piperidine rings is 1. The van der Waals surface area contributed by atoms with Gasteiger partial charge in [0.25, 0.3) is 0 Å². The average Bonchev–Trinajstić information content (AvgIpc) is 3.20. The Labute approximate surface area is 133 Å². The fraction of sp³-hybridized carbons (Fsp3) is 0.667. The zero-order valence-electron chi connectivity index (χ0n) is 12.9. The predicted octanol–water partition coefficient (Wildman–Crippen LogP) is 2.08. The van der Waals surface area contributed by atoms with Crippen LogP contribution in [0.25, 0.3) is 0 Å². The molecule has 4 rings (SSSR count). The molecule has 7 heteroatoms. The van der Waals surface area contributed by atoms with E-state index in [0.29, 0.717) is 5.89 Å². The molecule has 2 saturated heterocycles. The van der Waals surface area contributed by atoms with Crippen molar-refractivity contribution in [1.82, 2.24) is 20.1 Å². The lowest BCUT2D eigenvalue weighted by molar-refractivity contribution is 0.00606. The molecule has 22 heavy (non-hydrogen) atoms. The molecule has 0 N–H and O–H groups in total. The van der Waals surface area contributed by atoms with Crippen LogP contribution in [0.2, 0.25) is 0 Å². The van der Waals surface area contributed by atoms with Crippen molar-refractivity contribution in [3.63, 3.8) is 0 Å². The number of nitrogens with zero attached hydrogens (tertiary/aromatic N) is 4. The van der Waals surface area contributed by atoms with Gasteiger partial charge in [0.1, 0.15) is 0 Å². The van der Waals surface area contributed by atoms with Crippen molar-refractivity contribution in [2.45, 2.75) is 44.8 Å². The normalized spacial score (nSPS) is 28.9. The van der Waals surface area contributed by atoms with Gasteiger partial charge in [0.15, 0.2) is 0 Å². The van der Waals surface area contributed by atoms with Crippen molar-refractivity contribution in [1.29, 1.82) is 0 Å². The van der Waals surface area contributed by atoms with Gasteiger partial charge < -0.3 is 9.15 Å². The van der Waals surface area contributed by atoms with E-state index in [0.717, 1.165) is 50.7 Å². The minimum atomic E-state index is -0.141. The summed E-state index contributed by atoms with van der Waals surface area (Å²) in [4.78, 5) is 8.17. The summed E-state index contributed by atoms with van der Waals surface area (Å²) in [5.74, 6) is 1.38. The van der Waals surface area contributed by atoms with Crippen LogP contribution in [-0.2, 0) is 16.7 Å². The third-order valence-corrected chi connectivity index (χ3v) is 5.78. The maximum absolute atomic E-state index is 5.97. The lowest BCUT2D eigenvalue weighted by Crippen LogP contribution is -2.52. The number of ether oxygens (including phenoxy) is 1. The molecular formula is C15H20N4O2S. The molecule has 0 bridgehead atoms. The van der Waals surface area contributed by atoms with Crippen LogP contribution in [0.5, 0.6) is 0 Å². The zero-order valence-corrected chi connectivity index (χ0v) is 13.7. The highest BCUT2D eigenvalue weighted by atomic mass is 32.1. The molecule has 2 fully saturated rings. The third-order valence-electron chi connectivity index (χ3n) is 4.86. The molecule has 2 atom stereocenters.